The molecule has 1 aliphatic heterocycles. The average Bonchev–Trinajstić information content (AvgIpc) is 2.50. The molecular formula is C6H6N4O. The molecule has 0 amide bonds. The second-order valence-electron chi connectivity index (χ2n) is 2.18. The van der Waals surface area contributed by atoms with E-state index < -0.39 is 0 Å². The van der Waals surface area contributed by atoms with Gasteiger partial charge in [-0.3, -0.25) is 0 Å². The Kier molecular flexibility index (Phi) is 1.21. The van der Waals surface area contributed by atoms with Crippen molar-refractivity contribution in [1.82, 2.24) is 15.3 Å². The quantitative estimate of drug-likeness (QED) is 0.550. The summed E-state index contributed by atoms with van der Waals surface area (Å²) in [5.74, 6) is 0.584. The summed E-state index contributed by atoms with van der Waals surface area (Å²) >= 11 is 0. The van der Waals surface area contributed by atoms with Gasteiger partial charge in [0.2, 0.25) is 0 Å². The molecule has 0 fully saturated rings. The van der Waals surface area contributed by atoms with Gasteiger partial charge in [0, 0.05) is 0 Å². The van der Waals surface area contributed by atoms with Crippen LogP contribution in [0.5, 0.6) is 0 Å². The molecule has 1 unspecified atom stereocenters. The van der Waals surface area contributed by atoms with Gasteiger partial charge in [-0.15, -0.1) is 0 Å². The number of hydrogen-bond acceptors (Lipinski definition) is 4. The minimum atomic E-state index is -0.329. The van der Waals surface area contributed by atoms with Crippen molar-refractivity contribution in [2.45, 2.75) is 6.04 Å². The number of imidazole rings is 1. The smallest absolute Gasteiger partial charge is 0.177 e. The Morgan fingerprint density at radius 3 is 3.36 bits per heavy atom. The van der Waals surface area contributed by atoms with E-state index in [4.69, 9.17) is 0 Å². The molecule has 5 nitrogen and oxygen atoms in total. The molecule has 2 heterocycles. The molecule has 0 saturated carbocycles. The molecular weight excluding hydrogens is 144 g/mol. The van der Waals surface area contributed by atoms with Crippen LogP contribution in [0.2, 0.25) is 0 Å². The highest BCUT2D eigenvalue weighted by atomic mass is 16.1. The first kappa shape index (κ1) is 6.09. The number of aliphatic imine (C=N–C) groups is 1. The van der Waals surface area contributed by atoms with E-state index in [1.807, 2.05) is 0 Å². The third-order valence-corrected chi connectivity index (χ3v) is 1.54. The van der Waals surface area contributed by atoms with E-state index >= 15 is 0 Å². The fourth-order valence-corrected chi connectivity index (χ4v) is 0.998. The molecule has 1 aliphatic rings. The van der Waals surface area contributed by atoms with E-state index in [9.17, 15) is 4.79 Å². The highest BCUT2D eigenvalue weighted by molar-refractivity contribution is 5.74. The Morgan fingerprint density at radius 1 is 1.64 bits per heavy atom. The summed E-state index contributed by atoms with van der Waals surface area (Å²) in [4.78, 5) is 21.1. The van der Waals surface area contributed by atoms with Crippen LogP contribution in [0.3, 0.4) is 0 Å². The topological polar surface area (TPSA) is 70.1 Å². The van der Waals surface area contributed by atoms with Gasteiger partial charge < -0.3 is 15.1 Å². The number of rotatable bonds is 1. The van der Waals surface area contributed by atoms with Gasteiger partial charge in [0.15, 0.2) is 5.82 Å². The van der Waals surface area contributed by atoms with E-state index in [1.54, 1.807) is 0 Å². The average molecular weight is 150 g/mol. The minimum absolute atomic E-state index is 0.329. The minimum Gasteiger partial charge on any atom is -0.361 e. The van der Waals surface area contributed by atoms with E-state index in [0.717, 1.165) is 12.0 Å². The van der Waals surface area contributed by atoms with Crippen molar-refractivity contribution in [2.24, 2.45) is 4.99 Å². The number of hydrogen-bond donors (Lipinski definition) is 2. The van der Waals surface area contributed by atoms with Gasteiger partial charge in [0.05, 0.1) is 18.4 Å². The van der Waals surface area contributed by atoms with Crippen molar-refractivity contribution in [3.05, 3.63) is 12.0 Å². The number of aldehydes is 1. The van der Waals surface area contributed by atoms with Gasteiger partial charge in [0.25, 0.3) is 0 Å². The molecule has 11 heavy (non-hydrogen) atoms. The maximum atomic E-state index is 10.4. The fraction of sp³-hybridized carbons (Fsp3) is 0.167. The molecule has 2 rings (SSSR count). The van der Waals surface area contributed by atoms with Crippen LogP contribution < -0.4 is 5.32 Å². The zero-order chi connectivity index (χ0) is 7.68. The van der Waals surface area contributed by atoms with Gasteiger partial charge in [0.1, 0.15) is 12.3 Å². The van der Waals surface area contributed by atoms with Gasteiger partial charge in [-0.2, -0.15) is 0 Å². The van der Waals surface area contributed by atoms with Crippen molar-refractivity contribution in [3.63, 3.8) is 0 Å². The monoisotopic (exact) mass is 150 g/mol. The predicted molar refractivity (Wildman–Crippen MR) is 38.7 cm³/mol. The number of fused-ring (bicyclic) bond motifs is 1. The highest BCUT2D eigenvalue weighted by Crippen LogP contribution is 2.21. The molecule has 0 bridgehead atoms. The summed E-state index contributed by atoms with van der Waals surface area (Å²) in [5.41, 5.74) is 0.725. The van der Waals surface area contributed by atoms with Crippen LogP contribution in [0.4, 0.5) is 5.82 Å². The van der Waals surface area contributed by atoms with Crippen molar-refractivity contribution in [1.29, 1.82) is 0 Å². The van der Waals surface area contributed by atoms with Crippen LogP contribution in [0, 0.1) is 0 Å². The van der Waals surface area contributed by atoms with E-state index in [1.165, 1.54) is 12.7 Å². The first-order valence-corrected chi connectivity index (χ1v) is 3.19. The molecule has 0 saturated heterocycles. The van der Waals surface area contributed by atoms with Crippen LogP contribution >= 0.6 is 0 Å². The maximum Gasteiger partial charge on any atom is 0.177 e. The third kappa shape index (κ3) is 0.813. The Morgan fingerprint density at radius 2 is 2.55 bits per heavy atom. The van der Waals surface area contributed by atoms with Gasteiger partial charge in [-0.25, -0.2) is 9.98 Å². The van der Waals surface area contributed by atoms with E-state index in [-0.39, 0.29) is 6.04 Å². The first-order valence-electron chi connectivity index (χ1n) is 3.19. The second-order valence-corrected chi connectivity index (χ2v) is 2.18. The lowest BCUT2D eigenvalue weighted by Gasteiger charge is -2.11. The van der Waals surface area contributed by atoms with Crippen molar-refractivity contribution in [2.75, 3.05) is 0 Å². The first-order chi connectivity index (χ1) is 5.42. The summed E-state index contributed by atoms with van der Waals surface area (Å²) < 4.78 is 0. The molecule has 1 atom stereocenters. The highest BCUT2D eigenvalue weighted by Gasteiger charge is 2.18. The van der Waals surface area contributed by atoms with Crippen LogP contribution in [0.25, 0.3) is 0 Å². The molecule has 0 radical (unpaired) electrons. The van der Waals surface area contributed by atoms with Crippen LogP contribution in [0.15, 0.2) is 11.3 Å². The molecule has 5 heteroatoms. The van der Waals surface area contributed by atoms with Crippen LogP contribution in [-0.2, 0) is 4.79 Å². The predicted octanol–water partition coefficient (Wildman–Crippen LogP) is -0.0873. The van der Waals surface area contributed by atoms with Crippen molar-refractivity contribution in [3.8, 4) is 0 Å². The van der Waals surface area contributed by atoms with Crippen molar-refractivity contribution < 1.29 is 4.79 Å². The zero-order valence-electron chi connectivity index (χ0n) is 5.61. The maximum absolute atomic E-state index is 10.4. The largest absolute Gasteiger partial charge is 0.361 e. The van der Waals surface area contributed by atoms with E-state index in [0.29, 0.717) is 5.82 Å². The lowest BCUT2D eigenvalue weighted by molar-refractivity contribution is -0.109. The molecule has 2 N–H and O–H groups in total. The Labute approximate surface area is 62.6 Å². The molecule has 0 aromatic carbocycles. The molecule has 1 aromatic rings. The number of H-pyrrole nitrogens is 1. The van der Waals surface area contributed by atoms with Crippen LogP contribution in [-0.4, -0.2) is 22.6 Å². The standard InChI is InChI=1S/C6H6N4O/c11-1-4-5-6(9-2-7-4)10-3-8-5/h1-4H,(H,7,9)(H,8,10). The summed E-state index contributed by atoms with van der Waals surface area (Å²) in [6.45, 7) is 0. The molecule has 0 aliphatic carbocycles. The second kappa shape index (κ2) is 2.19. The van der Waals surface area contributed by atoms with E-state index in [2.05, 4.69) is 20.3 Å². The SMILES string of the molecule is O=CC1NC=Nc2nc[nH]c21. The number of carbonyl (C=O) groups is 1. The Balaban J connectivity index is 2.48. The van der Waals surface area contributed by atoms with Crippen LogP contribution in [0.1, 0.15) is 11.7 Å². The number of carbonyl (C=O) groups excluding carboxylic acids is 1. The van der Waals surface area contributed by atoms with Gasteiger partial charge in [-0.1, -0.05) is 0 Å². The molecule has 56 valence electrons. The Bertz CT molecular complexity index is 303. The number of aromatic amines is 1. The van der Waals surface area contributed by atoms with Gasteiger partial charge in [-0.05, 0) is 0 Å². The zero-order valence-corrected chi connectivity index (χ0v) is 5.61. The number of aromatic nitrogens is 2. The fourth-order valence-electron chi connectivity index (χ4n) is 0.998. The van der Waals surface area contributed by atoms with Crippen molar-refractivity contribution >= 4 is 18.4 Å². The summed E-state index contributed by atoms with van der Waals surface area (Å²) in [6, 6.07) is -0.329. The lowest BCUT2D eigenvalue weighted by Crippen LogP contribution is -2.23. The lowest BCUT2D eigenvalue weighted by atomic mass is 10.2. The molecule has 1 aromatic heterocycles. The Hall–Kier alpha value is -1.65. The summed E-state index contributed by atoms with van der Waals surface area (Å²) in [5, 5.41) is 2.78. The molecule has 0 spiro atoms. The normalized spacial score (nSPS) is 20.5. The third-order valence-electron chi connectivity index (χ3n) is 1.54. The van der Waals surface area contributed by atoms with Gasteiger partial charge >= 0.3 is 0 Å². The number of nitrogens with one attached hydrogen (secondary N) is 2. The summed E-state index contributed by atoms with van der Waals surface area (Å²) in [6.07, 6.45) is 3.80. The summed E-state index contributed by atoms with van der Waals surface area (Å²) in [7, 11) is 0. The number of nitrogens with zero attached hydrogens (tertiary/aromatic N) is 2.